The highest BCUT2D eigenvalue weighted by Crippen LogP contribution is 2.23. The van der Waals surface area contributed by atoms with Crippen LogP contribution in [0.5, 0.6) is 5.75 Å². The van der Waals surface area contributed by atoms with E-state index in [0.717, 1.165) is 27.8 Å². The Bertz CT molecular complexity index is 1440. The second-order valence-corrected chi connectivity index (χ2v) is 7.35. The minimum absolute atomic E-state index is 0.254. The molecule has 0 radical (unpaired) electrons. The number of hydrogen-bond donors (Lipinski definition) is 0. The van der Waals surface area contributed by atoms with E-state index in [1.165, 1.54) is 4.52 Å². The van der Waals surface area contributed by atoms with Gasteiger partial charge in [-0.2, -0.15) is 4.52 Å². The van der Waals surface area contributed by atoms with Crippen LogP contribution in [0.2, 0.25) is 5.02 Å². The van der Waals surface area contributed by atoms with E-state index in [2.05, 4.69) is 10.1 Å². The highest BCUT2D eigenvalue weighted by molar-refractivity contribution is 6.30. The predicted octanol–water partition coefficient (Wildman–Crippen LogP) is 4.42. The lowest BCUT2D eigenvalue weighted by atomic mass is 10.2. The molecule has 0 saturated carbocycles. The summed E-state index contributed by atoms with van der Waals surface area (Å²) in [7, 11) is 1.62. The van der Waals surface area contributed by atoms with Crippen molar-refractivity contribution in [2.24, 2.45) is 0 Å². The number of ether oxygens (including phenoxy) is 1. The van der Waals surface area contributed by atoms with Crippen LogP contribution in [0.1, 0.15) is 5.56 Å². The van der Waals surface area contributed by atoms with Crippen molar-refractivity contribution in [2.45, 2.75) is 6.54 Å². The normalized spacial score (nSPS) is 11.3. The quantitative estimate of drug-likeness (QED) is 0.435. The lowest BCUT2D eigenvalue weighted by molar-refractivity contribution is 0.415. The number of nitrogens with zero attached hydrogens (tertiary/aromatic N) is 4. The topological polar surface area (TPSA) is 61.4 Å². The highest BCUT2D eigenvalue weighted by atomic mass is 35.5. The Labute approximate surface area is 176 Å². The first-order valence-corrected chi connectivity index (χ1v) is 9.79. The third kappa shape index (κ3) is 3.11. The minimum Gasteiger partial charge on any atom is -0.497 e. The number of para-hydroxylation sites is 1. The fraction of sp³-hybridized carbons (Fsp3) is 0.0870. The van der Waals surface area contributed by atoms with Gasteiger partial charge in [-0.25, -0.2) is 9.78 Å². The average Bonchev–Trinajstić information content (AvgIpc) is 3.23. The largest absolute Gasteiger partial charge is 0.497 e. The summed E-state index contributed by atoms with van der Waals surface area (Å²) in [5, 5.41) is 6.00. The van der Waals surface area contributed by atoms with Gasteiger partial charge in [-0.1, -0.05) is 35.9 Å². The fourth-order valence-corrected chi connectivity index (χ4v) is 3.78. The Morgan fingerprint density at radius 3 is 2.57 bits per heavy atom. The minimum atomic E-state index is -0.254. The number of fused-ring (bicyclic) bond motifs is 3. The van der Waals surface area contributed by atoms with Crippen molar-refractivity contribution >= 4 is 28.2 Å². The van der Waals surface area contributed by atoms with E-state index in [1.807, 2.05) is 72.8 Å². The Morgan fingerprint density at radius 1 is 1.00 bits per heavy atom. The van der Waals surface area contributed by atoms with Gasteiger partial charge < -0.3 is 4.74 Å². The van der Waals surface area contributed by atoms with Crippen LogP contribution < -0.4 is 10.4 Å². The molecule has 148 valence electrons. The summed E-state index contributed by atoms with van der Waals surface area (Å²) in [6, 6.07) is 22.6. The summed E-state index contributed by atoms with van der Waals surface area (Å²) in [6.45, 7) is 0.383. The summed E-state index contributed by atoms with van der Waals surface area (Å²) in [5.74, 6) is 1.23. The smallest absolute Gasteiger partial charge is 0.351 e. The lowest BCUT2D eigenvalue weighted by Crippen LogP contribution is -2.28. The van der Waals surface area contributed by atoms with E-state index in [-0.39, 0.29) is 5.69 Å². The number of methoxy groups -OCH3 is 1. The van der Waals surface area contributed by atoms with E-state index in [9.17, 15) is 4.79 Å². The predicted molar refractivity (Wildman–Crippen MR) is 117 cm³/mol. The van der Waals surface area contributed by atoms with Crippen molar-refractivity contribution in [1.29, 1.82) is 0 Å². The molecule has 0 spiro atoms. The highest BCUT2D eigenvalue weighted by Gasteiger charge is 2.16. The van der Waals surface area contributed by atoms with Gasteiger partial charge in [0.05, 0.1) is 19.2 Å². The molecular weight excluding hydrogens is 400 g/mol. The van der Waals surface area contributed by atoms with Gasteiger partial charge in [-0.3, -0.25) is 4.57 Å². The number of benzene rings is 3. The molecule has 0 saturated heterocycles. The maximum atomic E-state index is 13.3. The molecule has 0 fully saturated rings. The van der Waals surface area contributed by atoms with Crippen LogP contribution in [0.25, 0.3) is 27.9 Å². The Kier molecular flexibility index (Phi) is 4.48. The standard InChI is InChI=1S/C23H17ClN4O2/c1-30-18-11-9-16(10-12-18)21-25-22-19-7-2-3-8-20(19)27(23(29)28(22)26-21)14-15-5-4-6-17(24)13-15/h2-13H,14H2,1H3. The summed E-state index contributed by atoms with van der Waals surface area (Å²) in [5.41, 5.74) is 2.82. The van der Waals surface area contributed by atoms with Crippen molar-refractivity contribution in [3.05, 3.63) is 93.9 Å². The second-order valence-electron chi connectivity index (χ2n) is 6.92. The van der Waals surface area contributed by atoms with Gasteiger partial charge in [0, 0.05) is 16.0 Å². The van der Waals surface area contributed by atoms with Crippen molar-refractivity contribution in [3.63, 3.8) is 0 Å². The second kappa shape index (κ2) is 7.31. The van der Waals surface area contributed by atoms with Gasteiger partial charge in [-0.05, 0) is 54.1 Å². The fourth-order valence-electron chi connectivity index (χ4n) is 3.57. The molecule has 5 aromatic rings. The van der Waals surface area contributed by atoms with Gasteiger partial charge >= 0.3 is 5.69 Å². The molecule has 30 heavy (non-hydrogen) atoms. The van der Waals surface area contributed by atoms with Gasteiger partial charge in [0.15, 0.2) is 11.5 Å². The van der Waals surface area contributed by atoms with E-state index in [4.69, 9.17) is 16.3 Å². The molecule has 0 atom stereocenters. The summed E-state index contributed by atoms with van der Waals surface area (Å²) in [4.78, 5) is 18.0. The Balaban J connectivity index is 1.72. The van der Waals surface area contributed by atoms with Crippen LogP contribution >= 0.6 is 11.6 Å². The van der Waals surface area contributed by atoms with Gasteiger partial charge in [-0.15, -0.1) is 5.10 Å². The summed E-state index contributed by atoms with van der Waals surface area (Å²) in [6.07, 6.45) is 0. The number of rotatable bonds is 4. The first kappa shape index (κ1) is 18.4. The zero-order valence-electron chi connectivity index (χ0n) is 16.1. The van der Waals surface area contributed by atoms with Crippen LogP contribution in [0.4, 0.5) is 0 Å². The molecule has 0 unspecified atom stereocenters. The van der Waals surface area contributed by atoms with E-state index >= 15 is 0 Å². The molecule has 0 aliphatic heterocycles. The van der Waals surface area contributed by atoms with Crippen LogP contribution in [0.3, 0.4) is 0 Å². The maximum Gasteiger partial charge on any atom is 0.351 e. The van der Waals surface area contributed by atoms with E-state index in [1.54, 1.807) is 11.7 Å². The van der Waals surface area contributed by atoms with Crippen molar-refractivity contribution in [2.75, 3.05) is 7.11 Å². The third-order valence-electron chi connectivity index (χ3n) is 5.03. The number of hydrogen-bond acceptors (Lipinski definition) is 4. The van der Waals surface area contributed by atoms with Crippen LogP contribution in [-0.4, -0.2) is 26.3 Å². The Hall–Kier alpha value is -3.64. The van der Waals surface area contributed by atoms with Crippen molar-refractivity contribution in [3.8, 4) is 17.1 Å². The van der Waals surface area contributed by atoms with Gasteiger partial charge in [0.1, 0.15) is 5.75 Å². The first-order chi connectivity index (χ1) is 14.6. The van der Waals surface area contributed by atoms with E-state index < -0.39 is 0 Å². The first-order valence-electron chi connectivity index (χ1n) is 9.41. The van der Waals surface area contributed by atoms with Crippen LogP contribution in [0.15, 0.2) is 77.6 Å². The molecule has 0 aliphatic rings. The molecule has 2 heterocycles. The SMILES string of the molecule is COc1ccc(-c2nc3c4ccccc4n(Cc4cccc(Cl)c4)c(=O)n3n2)cc1. The summed E-state index contributed by atoms with van der Waals surface area (Å²) >= 11 is 6.13. The zero-order valence-corrected chi connectivity index (χ0v) is 16.9. The number of halogens is 1. The molecule has 0 bridgehead atoms. The molecule has 7 heteroatoms. The van der Waals surface area contributed by atoms with Crippen LogP contribution in [0, 0.1) is 0 Å². The Morgan fingerprint density at radius 2 is 1.80 bits per heavy atom. The number of aromatic nitrogens is 4. The molecule has 3 aromatic carbocycles. The molecule has 5 rings (SSSR count). The van der Waals surface area contributed by atoms with E-state index in [0.29, 0.717) is 23.0 Å². The monoisotopic (exact) mass is 416 g/mol. The molecule has 2 aromatic heterocycles. The third-order valence-corrected chi connectivity index (χ3v) is 5.27. The van der Waals surface area contributed by atoms with Gasteiger partial charge in [0.25, 0.3) is 0 Å². The summed E-state index contributed by atoms with van der Waals surface area (Å²) < 4.78 is 8.28. The van der Waals surface area contributed by atoms with Gasteiger partial charge in [0.2, 0.25) is 0 Å². The molecule has 6 nitrogen and oxygen atoms in total. The zero-order chi connectivity index (χ0) is 20.7. The molecular formula is C23H17ClN4O2. The maximum absolute atomic E-state index is 13.3. The lowest BCUT2D eigenvalue weighted by Gasteiger charge is -2.11. The molecule has 0 N–H and O–H groups in total. The average molecular weight is 417 g/mol. The van der Waals surface area contributed by atoms with Crippen LogP contribution in [-0.2, 0) is 6.54 Å². The van der Waals surface area contributed by atoms with Crippen molar-refractivity contribution < 1.29 is 4.74 Å². The van der Waals surface area contributed by atoms with Crippen molar-refractivity contribution in [1.82, 2.24) is 19.2 Å². The molecule has 0 amide bonds. The molecule has 0 aliphatic carbocycles.